The quantitative estimate of drug-likeness (QED) is 0.421. The number of rotatable bonds is 12. The molecular weight excluding hydrogens is 376 g/mol. The third-order valence-corrected chi connectivity index (χ3v) is 5.42. The Morgan fingerprint density at radius 2 is 2.00 bits per heavy atom. The van der Waals surface area contributed by atoms with Gasteiger partial charge < -0.3 is 19.6 Å². The van der Waals surface area contributed by atoms with E-state index in [9.17, 15) is 4.79 Å². The van der Waals surface area contributed by atoms with Gasteiger partial charge >= 0.3 is 0 Å². The maximum atomic E-state index is 12.7. The van der Waals surface area contributed by atoms with Crippen molar-refractivity contribution < 1.29 is 4.74 Å². The number of unbranched alkanes of at least 4 members (excludes halogenated alkanes) is 2. The number of nitrogens with zero attached hydrogens (tertiary/aromatic N) is 2. The molecule has 0 aliphatic carbocycles. The van der Waals surface area contributed by atoms with Gasteiger partial charge in [0.15, 0.2) is 0 Å². The zero-order valence-electron chi connectivity index (χ0n) is 18.5. The Kier molecular flexibility index (Phi) is 8.08. The van der Waals surface area contributed by atoms with Gasteiger partial charge in [-0.2, -0.15) is 0 Å². The summed E-state index contributed by atoms with van der Waals surface area (Å²) in [5.41, 5.74) is 5.14. The second-order valence-electron chi connectivity index (χ2n) is 7.82. The number of nitrogens with one attached hydrogen (secondary N) is 2. The molecule has 0 saturated carbocycles. The van der Waals surface area contributed by atoms with Gasteiger partial charge in [-0.25, -0.2) is 4.98 Å². The van der Waals surface area contributed by atoms with Crippen molar-refractivity contribution in [3.8, 4) is 0 Å². The number of H-pyrrole nitrogens is 1. The van der Waals surface area contributed by atoms with Crippen molar-refractivity contribution in [2.75, 3.05) is 18.5 Å². The van der Waals surface area contributed by atoms with Crippen molar-refractivity contribution in [3.05, 3.63) is 57.6 Å². The normalized spacial score (nSPS) is 11.3. The lowest BCUT2D eigenvalue weighted by Crippen LogP contribution is -2.14. The predicted octanol–water partition coefficient (Wildman–Crippen LogP) is 4.80. The fourth-order valence-electron chi connectivity index (χ4n) is 3.69. The van der Waals surface area contributed by atoms with Crippen LogP contribution in [0.3, 0.4) is 0 Å². The topological polar surface area (TPSA) is 71.9 Å². The van der Waals surface area contributed by atoms with Crippen LogP contribution >= 0.6 is 0 Å². The summed E-state index contributed by atoms with van der Waals surface area (Å²) in [6.45, 7) is 9.53. The molecule has 0 unspecified atom stereocenters. The minimum Gasteiger partial charge on any atom is -0.381 e. The lowest BCUT2D eigenvalue weighted by atomic mass is 10.0. The molecule has 0 atom stereocenters. The van der Waals surface area contributed by atoms with Gasteiger partial charge in [0.1, 0.15) is 11.3 Å². The van der Waals surface area contributed by atoms with E-state index in [0.29, 0.717) is 17.9 Å². The Labute approximate surface area is 178 Å². The first kappa shape index (κ1) is 22.1. The summed E-state index contributed by atoms with van der Waals surface area (Å²) >= 11 is 0. The van der Waals surface area contributed by atoms with Gasteiger partial charge in [0.05, 0.1) is 11.8 Å². The first-order chi connectivity index (χ1) is 14.6. The number of hydrogen-bond donors (Lipinski definition) is 2. The number of anilines is 1. The number of pyridine rings is 1. The van der Waals surface area contributed by atoms with Gasteiger partial charge in [0.25, 0.3) is 5.56 Å². The highest BCUT2D eigenvalue weighted by Gasteiger charge is 2.09. The van der Waals surface area contributed by atoms with E-state index < -0.39 is 0 Å². The molecule has 1 aromatic carbocycles. The lowest BCUT2D eigenvalue weighted by Gasteiger charge is -2.10. The van der Waals surface area contributed by atoms with Crippen LogP contribution < -0.4 is 10.9 Å². The summed E-state index contributed by atoms with van der Waals surface area (Å²) < 4.78 is 7.47. The van der Waals surface area contributed by atoms with Crippen LogP contribution in [0.2, 0.25) is 0 Å². The molecule has 3 aromatic rings. The molecule has 6 heteroatoms. The van der Waals surface area contributed by atoms with E-state index in [1.54, 1.807) is 6.33 Å². The standard InChI is InChI=1S/C24H34N4O2/c1-4-12-30-13-8-6-7-11-28-17-26-21-15-22(27-24(29)23(21)28)25-16-19-10-9-18(3)20(5-2)14-19/h9-10,14-15,17H,4-8,11-13,16H2,1-3H3,(H2,25,27,29). The van der Waals surface area contributed by atoms with Crippen molar-refractivity contribution in [1.29, 1.82) is 0 Å². The maximum absolute atomic E-state index is 12.7. The number of hydrogen-bond acceptors (Lipinski definition) is 4. The molecule has 6 nitrogen and oxygen atoms in total. The zero-order chi connectivity index (χ0) is 21.3. The first-order valence-corrected chi connectivity index (χ1v) is 11.1. The summed E-state index contributed by atoms with van der Waals surface area (Å²) in [4.78, 5) is 20.1. The van der Waals surface area contributed by atoms with Gasteiger partial charge in [0.2, 0.25) is 0 Å². The Morgan fingerprint density at radius 3 is 2.80 bits per heavy atom. The molecular formula is C24H34N4O2. The van der Waals surface area contributed by atoms with E-state index in [-0.39, 0.29) is 5.56 Å². The monoisotopic (exact) mass is 410 g/mol. The molecule has 0 radical (unpaired) electrons. The number of aryl methyl sites for hydroxylation is 3. The highest BCUT2D eigenvalue weighted by atomic mass is 16.5. The lowest BCUT2D eigenvalue weighted by molar-refractivity contribution is 0.130. The molecule has 2 N–H and O–H groups in total. The smallest absolute Gasteiger partial charge is 0.275 e. The van der Waals surface area contributed by atoms with E-state index in [1.807, 2.05) is 10.6 Å². The summed E-state index contributed by atoms with van der Waals surface area (Å²) in [7, 11) is 0. The Hall–Kier alpha value is -2.60. The van der Waals surface area contributed by atoms with E-state index in [0.717, 1.165) is 57.4 Å². The van der Waals surface area contributed by atoms with Crippen LogP contribution in [0.1, 0.15) is 56.2 Å². The molecule has 0 bridgehead atoms. The second-order valence-corrected chi connectivity index (χ2v) is 7.82. The van der Waals surface area contributed by atoms with Crippen molar-refractivity contribution >= 4 is 16.9 Å². The summed E-state index contributed by atoms with van der Waals surface area (Å²) in [5, 5.41) is 3.33. The zero-order valence-corrected chi connectivity index (χ0v) is 18.5. The van der Waals surface area contributed by atoms with Crippen LogP contribution in [0.25, 0.3) is 11.0 Å². The number of benzene rings is 1. The van der Waals surface area contributed by atoms with Crippen molar-refractivity contribution in [1.82, 2.24) is 14.5 Å². The number of imidazole rings is 1. The van der Waals surface area contributed by atoms with E-state index >= 15 is 0 Å². The highest BCUT2D eigenvalue weighted by Crippen LogP contribution is 2.16. The summed E-state index contributed by atoms with van der Waals surface area (Å²) in [6.07, 6.45) is 6.99. The largest absolute Gasteiger partial charge is 0.381 e. The number of aromatic amines is 1. The molecule has 0 saturated heterocycles. The Balaban J connectivity index is 1.59. The molecule has 30 heavy (non-hydrogen) atoms. The Morgan fingerprint density at radius 1 is 1.13 bits per heavy atom. The predicted molar refractivity (Wildman–Crippen MR) is 123 cm³/mol. The molecule has 2 heterocycles. The first-order valence-electron chi connectivity index (χ1n) is 11.1. The van der Waals surface area contributed by atoms with Crippen molar-refractivity contribution in [2.45, 2.75) is 66.0 Å². The van der Waals surface area contributed by atoms with E-state index in [1.165, 1.54) is 16.7 Å². The molecule has 0 amide bonds. The molecule has 2 aromatic heterocycles. The van der Waals surface area contributed by atoms with Gasteiger partial charge in [-0.3, -0.25) is 4.79 Å². The number of ether oxygens (including phenoxy) is 1. The van der Waals surface area contributed by atoms with Crippen LogP contribution in [0.15, 0.2) is 35.4 Å². The van der Waals surface area contributed by atoms with Crippen LogP contribution in [0.5, 0.6) is 0 Å². The number of fused-ring (bicyclic) bond motifs is 1. The summed E-state index contributed by atoms with van der Waals surface area (Å²) in [6, 6.07) is 8.42. The fraction of sp³-hybridized carbons (Fsp3) is 0.500. The molecule has 0 spiro atoms. The molecule has 0 aliphatic rings. The van der Waals surface area contributed by atoms with Gasteiger partial charge in [0, 0.05) is 32.4 Å². The summed E-state index contributed by atoms with van der Waals surface area (Å²) in [5.74, 6) is 0.699. The van der Waals surface area contributed by atoms with Crippen LogP contribution in [0, 0.1) is 6.92 Å². The molecule has 162 valence electrons. The number of aromatic nitrogens is 3. The van der Waals surface area contributed by atoms with Crippen molar-refractivity contribution in [3.63, 3.8) is 0 Å². The third-order valence-electron chi connectivity index (χ3n) is 5.42. The fourth-order valence-corrected chi connectivity index (χ4v) is 3.69. The third kappa shape index (κ3) is 5.72. The van der Waals surface area contributed by atoms with Gasteiger partial charge in [-0.1, -0.05) is 32.0 Å². The minimum absolute atomic E-state index is 0.100. The average Bonchev–Trinajstić information content (AvgIpc) is 3.16. The second kappa shape index (κ2) is 11.0. The maximum Gasteiger partial charge on any atom is 0.275 e. The van der Waals surface area contributed by atoms with Crippen LogP contribution in [-0.2, 0) is 24.2 Å². The SMILES string of the molecule is CCCOCCCCCn1cnc2cc(NCc3ccc(C)c(CC)c3)[nH]c(=O)c21. The van der Waals surface area contributed by atoms with Gasteiger partial charge in [-0.05, 0) is 55.7 Å². The average molecular weight is 411 g/mol. The van der Waals surface area contributed by atoms with Crippen molar-refractivity contribution in [2.24, 2.45) is 0 Å². The molecule has 3 rings (SSSR count). The van der Waals surface area contributed by atoms with Crippen LogP contribution in [-0.4, -0.2) is 27.7 Å². The molecule has 0 aliphatic heterocycles. The minimum atomic E-state index is -0.100. The van der Waals surface area contributed by atoms with Gasteiger partial charge in [-0.15, -0.1) is 0 Å². The highest BCUT2D eigenvalue weighted by molar-refractivity contribution is 5.77. The molecule has 0 fully saturated rings. The Bertz CT molecular complexity index is 1010. The van der Waals surface area contributed by atoms with Crippen LogP contribution in [0.4, 0.5) is 5.82 Å². The van der Waals surface area contributed by atoms with E-state index in [4.69, 9.17) is 4.74 Å². The van der Waals surface area contributed by atoms with E-state index in [2.05, 4.69) is 54.3 Å².